The lowest BCUT2D eigenvalue weighted by molar-refractivity contribution is 0.116. The Labute approximate surface area is 113 Å². The lowest BCUT2D eigenvalue weighted by Gasteiger charge is -2.05. The molecule has 0 unspecified atom stereocenters. The number of benzene rings is 1. The maximum absolute atomic E-state index is 5.53. The van der Waals surface area contributed by atoms with Gasteiger partial charge in [0.05, 0.1) is 12.8 Å². The molecule has 0 amide bonds. The van der Waals surface area contributed by atoms with E-state index in [0.29, 0.717) is 6.61 Å². The predicted molar refractivity (Wildman–Crippen MR) is 73.4 cm³/mol. The highest BCUT2D eigenvalue weighted by molar-refractivity contribution is 5.14. The third-order valence-electron chi connectivity index (χ3n) is 2.71. The van der Waals surface area contributed by atoms with E-state index < -0.39 is 0 Å². The zero-order chi connectivity index (χ0) is 13.3. The number of aryl methyl sites for hydroxylation is 1. The van der Waals surface area contributed by atoms with Gasteiger partial charge >= 0.3 is 0 Å². The van der Waals surface area contributed by atoms with Crippen LogP contribution in [0.5, 0.6) is 0 Å². The van der Waals surface area contributed by atoms with Crippen LogP contribution in [0.25, 0.3) is 0 Å². The van der Waals surface area contributed by atoms with Gasteiger partial charge in [0.2, 0.25) is 0 Å². The van der Waals surface area contributed by atoms with E-state index in [1.165, 1.54) is 5.56 Å². The van der Waals surface area contributed by atoms with Crippen molar-refractivity contribution in [3.8, 4) is 0 Å². The van der Waals surface area contributed by atoms with Crippen LogP contribution in [0, 0.1) is 0 Å². The molecule has 0 aliphatic carbocycles. The first-order valence-corrected chi connectivity index (χ1v) is 6.52. The molecule has 2 aromatic rings. The fourth-order valence-corrected chi connectivity index (χ4v) is 1.77. The van der Waals surface area contributed by atoms with Crippen molar-refractivity contribution in [2.75, 3.05) is 13.2 Å². The molecule has 0 spiro atoms. The Morgan fingerprint density at radius 3 is 2.84 bits per heavy atom. The highest BCUT2D eigenvalue weighted by Gasteiger charge is 1.97. The summed E-state index contributed by atoms with van der Waals surface area (Å²) < 4.78 is 7.21. The fourth-order valence-electron chi connectivity index (χ4n) is 1.77. The monoisotopic (exact) mass is 260 g/mol. The molecule has 2 rings (SSSR count). The summed E-state index contributed by atoms with van der Waals surface area (Å²) in [5.74, 6) is 0. The second-order valence-electron chi connectivity index (χ2n) is 4.45. The summed E-state index contributed by atoms with van der Waals surface area (Å²) in [6.07, 6.45) is 2.86. The van der Waals surface area contributed by atoms with E-state index in [1.54, 1.807) is 4.68 Å². The van der Waals surface area contributed by atoms with Gasteiger partial charge < -0.3 is 10.1 Å². The van der Waals surface area contributed by atoms with Crippen molar-refractivity contribution in [3.63, 3.8) is 0 Å². The molecule has 1 N–H and O–H groups in total. The number of hydrogen-bond donors (Lipinski definition) is 1. The van der Waals surface area contributed by atoms with E-state index in [1.807, 2.05) is 19.3 Å². The van der Waals surface area contributed by atoms with Gasteiger partial charge in [0, 0.05) is 20.2 Å². The van der Waals surface area contributed by atoms with Crippen LogP contribution >= 0.6 is 0 Å². The van der Waals surface area contributed by atoms with Crippen LogP contribution < -0.4 is 5.32 Å². The number of nitrogens with one attached hydrogen (secondary N) is 1. The van der Waals surface area contributed by atoms with Gasteiger partial charge in [0.15, 0.2) is 0 Å². The summed E-state index contributed by atoms with van der Waals surface area (Å²) in [6.45, 7) is 3.13. The molecule has 0 aliphatic rings. The van der Waals surface area contributed by atoms with Crippen LogP contribution in [0.2, 0.25) is 0 Å². The van der Waals surface area contributed by atoms with E-state index in [-0.39, 0.29) is 0 Å². The van der Waals surface area contributed by atoms with Crippen LogP contribution in [0.1, 0.15) is 17.7 Å². The smallest absolute Gasteiger partial charge is 0.108 e. The van der Waals surface area contributed by atoms with Crippen LogP contribution in [-0.4, -0.2) is 28.1 Å². The molecule has 19 heavy (non-hydrogen) atoms. The maximum atomic E-state index is 5.53. The van der Waals surface area contributed by atoms with Crippen molar-refractivity contribution in [2.45, 2.75) is 19.6 Å². The predicted octanol–water partition coefficient (Wildman–Crippen LogP) is 1.51. The Kier molecular flexibility index (Phi) is 5.52. The number of ether oxygens (including phenoxy) is 1. The summed E-state index contributed by atoms with van der Waals surface area (Å²) in [4.78, 5) is 0. The van der Waals surface area contributed by atoms with Crippen molar-refractivity contribution in [2.24, 2.45) is 7.05 Å². The summed E-state index contributed by atoms with van der Waals surface area (Å²) in [5.41, 5.74) is 2.18. The molecule has 5 nitrogen and oxygen atoms in total. The Hall–Kier alpha value is -1.72. The highest BCUT2D eigenvalue weighted by atomic mass is 16.5. The lowest BCUT2D eigenvalue weighted by atomic mass is 10.2. The van der Waals surface area contributed by atoms with Crippen molar-refractivity contribution in [1.29, 1.82) is 0 Å². The summed E-state index contributed by atoms with van der Waals surface area (Å²) in [7, 11) is 1.85. The first kappa shape index (κ1) is 13.7. The van der Waals surface area contributed by atoms with Gasteiger partial charge in [-0.25, -0.2) is 0 Å². The Morgan fingerprint density at radius 1 is 1.26 bits per heavy atom. The molecule has 0 bridgehead atoms. The zero-order valence-electron chi connectivity index (χ0n) is 11.2. The van der Waals surface area contributed by atoms with E-state index in [4.69, 9.17) is 4.74 Å². The van der Waals surface area contributed by atoms with E-state index >= 15 is 0 Å². The molecule has 0 aliphatic heterocycles. The average Bonchev–Trinajstić information content (AvgIpc) is 2.85. The molecular formula is C14H20N4O. The van der Waals surface area contributed by atoms with Gasteiger partial charge in [-0.2, -0.15) is 0 Å². The first-order valence-electron chi connectivity index (χ1n) is 6.52. The Bertz CT molecular complexity index is 469. The van der Waals surface area contributed by atoms with E-state index in [0.717, 1.165) is 31.8 Å². The van der Waals surface area contributed by atoms with Crippen molar-refractivity contribution in [3.05, 3.63) is 47.8 Å². The number of aromatic nitrogens is 3. The van der Waals surface area contributed by atoms with Crippen LogP contribution in [0.4, 0.5) is 0 Å². The number of rotatable bonds is 8. The van der Waals surface area contributed by atoms with Crippen molar-refractivity contribution < 1.29 is 4.74 Å². The largest absolute Gasteiger partial charge is 0.375 e. The van der Waals surface area contributed by atoms with Gasteiger partial charge in [-0.3, -0.25) is 4.68 Å². The molecule has 5 heteroatoms. The Morgan fingerprint density at radius 2 is 2.11 bits per heavy atom. The van der Waals surface area contributed by atoms with Gasteiger partial charge in [-0.05, 0) is 18.5 Å². The topological polar surface area (TPSA) is 52.0 Å². The second kappa shape index (κ2) is 7.66. The molecule has 0 saturated carbocycles. The zero-order valence-corrected chi connectivity index (χ0v) is 11.2. The van der Waals surface area contributed by atoms with E-state index in [2.05, 4.69) is 39.9 Å². The minimum Gasteiger partial charge on any atom is -0.375 e. The van der Waals surface area contributed by atoms with Gasteiger partial charge in [-0.15, -0.1) is 5.10 Å². The number of hydrogen-bond acceptors (Lipinski definition) is 4. The molecule has 1 aromatic carbocycles. The van der Waals surface area contributed by atoms with E-state index in [9.17, 15) is 0 Å². The summed E-state index contributed by atoms with van der Waals surface area (Å²) in [6, 6.07) is 10.4. The minimum atomic E-state index is 0.534. The average molecular weight is 260 g/mol. The quantitative estimate of drug-likeness (QED) is 0.731. The van der Waals surface area contributed by atoms with Crippen molar-refractivity contribution >= 4 is 0 Å². The first-order chi connectivity index (χ1) is 9.34. The van der Waals surface area contributed by atoms with Crippen molar-refractivity contribution in [1.82, 2.24) is 20.3 Å². The third-order valence-corrected chi connectivity index (χ3v) is 2.71. The molecule has 0 radical (unpaired) electrons. The second-order valence-corrected chi connectivity index (χ2v) is 4.45. The molecule has 0 atom stereocenters. The molecule has 102 valence electrons. The SMILES string of the molecule is Cn1cc(COCCCNCc2ccccc2)nn1. The number of nitrogens with zero attached hydrogens (tertiary/aromatic N) is 3. The normalized spacial score (nSPS) is 10.8. The van der Waals surface area contributed by atoms with Gasteiger partial charge in [-0.1, -0.05) is 35.5 Å². The minimum absolute atomic E-state index is 0.534. The third kappa shape index (κ3) is 5.19. The molecular weight excluding hydrogens is 240 g/mol. The van der Waals surface area contributed by atoms with Gasteiger partial charge in [0.1, 0.15) is 5.69 Å². The maximum Gasteiger partial charge on any atom is 0.108 e. The highest BCUT2D eigenvalue weighted by Crippen LogP contribution is 1.98. The summed E-state index contributed by atoms with van der Waals surface area (Å²) >= 11 is 0. The van der Waals surface area contributed by atoms with Crippen LogP contribution in [-0.2, 0) is 24.9 Å². The molecule has 0 saturated heterocycles. The van der Waals surface area contributed by atoms with Crippen LogP contribution in [0.15, 0.2) is 36.5 Å². The van der Waals surface area contributed by atoms with Gasteiger partial charge in [0.25, 0.3) is 0 Å². The summed E-state index contributed by atoms with van der Waals surface area (Å²) in [5, 5.41) is 11.2. The standard InChI is InChI=1S/C14H20N4O/c1-18-11-14(16-17-18)12-19-9-5-8-15-10-13-6-3-2-4-7-13/h2-4,6-7,11,15H,5,8-10,12H2,1H3. The van der Waals surface area contributed by atoms with Crippen LogP contribution in [0.3, 0.4) is 0 Å². The fraction of sp³-hybridized carbons (Fsp3) is 0.429. The lowest BCUT2D eigenvalue weighted by Crippen LogP contribution is -2.16. The molecule has 1 heterocycles. The molecule has 1 aromatic heterocycles. The Balaban J connectivity index is 1.48. The molecule has 0 fully saturated rings.